The van der Waals surface area contributed by atoms with E-state index in [0.29, 0.717) is 22.7 Å². The fraction of sp³-hybridized carbons (Fsp3) is 0.176. The van der Waals surface area contributed by atoms with Crippen LogP contribution in [0.25, 0.3) is 5.65 Å². The molecule has 0 unspecified atom stereocenters. The van der Waals surface area contributed by atoms with Crippen LogP contribution in [0.1, 0.15) is 27.3 Å². The van der Waals surface area contributed by atoms with Crippen molar-refractivity contribution in [2.45, 2.75) is 20.8 Å². The van der Waals surface area contributed by atoms with Gasteiger partial charge in [0.15, 0.2) is 5.65 Å². The van der Waals surface area contributed by atoms with Gasteiger partial charge in [-0.1, -0.05) is 0 Å². The molecule has 1 amide bonds. The molecule has 0 fully saturated rings. The van der Waals surface area contributed by atoms with Crippen molar-refractivity contribution in [3.05, 3.63) is 57.4 Å². The number of aromatic nitrogens is 2. The van der Waals surface area contributed by atoms with Gasteiger partial charge in [-0.2, -0.15) is 0 Å². The molecule has 1 aromatic carbocycles. The first-order chi connectivity index (χ1) is 10.9. The highest BCUT2D eigenvalue weighted by Gasteiger charge is 2.19. The zero-order valence-corrected chi connectivity index (χ0v) is 14.6. The van der Waals surface area contributed by atoms with Crippen molar-refractivity contribution < 1.29 is 9.90 Å². The summed E-state index contributed by atoms with van der Waals surface area (Å²) < 4.78 is 2.64. The quantitative estimate of drug-likeness (QED) is 0.667. The molecule has 0 aliphatic rings. The van der Waals surface area contributed by atoms with Gasteiger partial charge in [0.05, 0.1) is 10.2 Å². The number of nitrogens with zero attached hydrogens (tertiary/aromatic N) is 2. The Morgan fingerprint density at radius 1 is 1.26 bits per heavy atom. The first-order valence-corrected chi connectivity index (χ1v) is 7.92. The van der Waals surface area contributed by atoms with Crippen molar-refractivity contribution >= 4 is 33.2 Å². The lowest BCUT2D eigenvalue weighted by Gasteiger charge is -2.09. The van der Waals surface area contributed by atoms with E-state index in [1.807, 2.05) is 33.0 Å². The van der Waals surface area contributed by atoms with Crippen molar-refractivity contribution in [2.24, 2.45) is 0 Å². The van der Waals surface area contributed by atoms with Gasteiger partial charge in [-0.25, -0.2) is 4.98 Å². The number of hydrogen-bond acceptors (Lipinski definition) is 3. The van der Waals surface area contributed by atoms with Gasteiger partial charge < -0.3 is 10.4 Å². The number of fused-ring (bicyclic) bond motifs is 1. The third-order valence-electron chi connectivity index (χ3n) is 3.66. The molecule has 0 spiro atoms. The van der Waals surface area contributed by atoms with E-state index in [1.54, 1.807) is 22.6 Å². The third-order valence-corrected chi connectivity index (χ3v) is 4.24. The van der Waals surface area contributed by atoms with Crippen LogP contribution in [-0.4, -0.2) is 20.4 Å². The molecule has 2 heterocycles. The Balaban J connectivity index is 2.06. The van der Waals surface area contributed by atoms with Crippen LogP contribution in [0.5, 0.6) is 5.75 Å². The minimum atomic E-state index is -0.235. The molecule has 0 saturated heterocycles. The van der Waals surface area contributed by atoms with Crippen molar-refractivity contribution in [1.29, 1.82) is 0 Å². The normalized spacial score (nSPS) is 11.0. The number of rotatable bonds is 2. The Bertz CT molecular complexity index is 931. The lowest BCUT2D eigenvalue weighted by atomic mass is 10.2. The Kier molecular flexibility index (Phi) is 3.85. The average molecular weight is 374 g/mol. The fourth-order valence-corrected chi connectivity index (χ4v) is 3.23. The number of aryl methyl sites for hydroxylation is 3. The maximum Gasteiger partial charge on any atom is 0.274 e. The highest BCUT2D eigenvalue weighted by Crippen LogP contribution is 2.24. The highest BCUT2D eigenvalue weighted by molar-refractivity contribution is 9.10. The van der Waals surface area contributed by atoms with Crippen molar-refractivity contribution in [3.8, 4) is 5.75 Å². The second-order valence-corrected chi connectivity index (χ2v) is 6.41. The van der Waals surface area contributed by atoms with Crippen LogP contribution in [0.4, 0.5) is 5.69 Å². The molecule has 2 N–H and O–H groups in total. The summed E-state index contributed by atoms with van der Waals surface area (Å²) in [5, 5.41) is 12.4. The van der Waals surface area contributed by atoms with E-state index in [2.05, 4.69) is 26.2 Å². The smallest absolute Gasteiger partial charge is 0.274 e. The van der Waals surface area contributed by atoms with Gasteiger partial charge in [-0.15, -0.1) is 0 Å². The number of phenolic OH excluding ortho intramolecular Hbond substituents is 1. The molecule has 2 aromatic heterocycles. The first-order valence-electron chi connectivity index (χ1n) is 7.12. The molecule has 6 heteroatoms. The summed E-state index contributed by atoms with van der Waals surface area (Å²) in [5.41, 5.74) is 4.34. The van der Waals surface area contributed by atoms with Crippen LogP contribution in [0, 0.1) is 20.8 Å². The number of imidazole rings is 1. The number of halogens is 1. The van der Waals surface area contributed by atoms with Gasteiger partial charge in [-0.05, 0) is 72.1 Å². The predicted octanol–water partition coefficient (Wildman–Crippen LogP) is 3.98. The summed E-state index contributed by atoms with van der Waals surface area (Å²) in [4.78, 5) is 17.2. The number of pyridine rings is 1. The van der Waals surface area contributed by atoms with E-state index in [1.165, 1.54) is 0 Å². The molecule has 0 aliphatic carbocycles. The minimum Gasteiger partial charge on any atom is -0.508 e. The topological polar surface area (TPSA) is 66.6 Å². The van der Waals surface area contributed by atoms with Gasteiger partial charge in [0.2, 0.25) is 0 Å². The standard InChI is InChI=1S/C17H16BrN3O2/c1-9-6-13(18)16-19-11(3)15(21(16)8-9)17(23)20-14-5-4-12(22)7-10(14)2/h4-8,22H,1-3H3,(H,20,23). The Morgan fingerprint density at radius 2 is 2.00 bits per heavy atom. The number of amides is 1. The summed E-state index contributed by atoms with van der Waals surface area (Å²) in [7, 11) is 0. The van der Waals surface area contributed by atoms with E-state index < -0.39 is 0 Å². The largest absolute Gasteiger partial charge is 0.508 e. The van der Waals surface area contributed by atoms with Gasteiger partial charge in [0, 0.05) is 11.9 Å². The summed E-state index contributed by atoms with van der Waals surface area (Å²) in [6.07, 6.45) is 1.89. The van der Waals surface area contributed by atoms with E-state index in [4.69, 9.17) is 0 Å². The van der Waals surface area contributed by atoms with Gasteiger partial charge in [-0.3, -0.25) is 9.20 Å². The van der Waals surface area contributed by atoms with Crippen LogP contribution < -0.4 is 5.32 Å². The Hall–Kier alpha value is -2.34. The minimum absolute atomic E-state index is 0.172. The Morgan fingerprint density at radius 3 is 2.70 bits per heavy atom. The number of anilines is 1. The van der Waals surface area contributed by atoms with Crippen LogP contribution in [0.3, 0.4) is 0 Å². The van der Waals surface area contributed by atoms with Gasteiger partial charge >= 0.3 is 0 Å². The van der Waals surface area contributed by atoms with E-state index in [-0.39, 0.29) is 11.7 Å². The molecule has 0 saturated carbocycles. The molecule has 0 radical (unpaired) electrons. The molecule has 0 bridgehead atoms. The van der Waals surface area contributed by atoms with Crippen molar-refractivity contribution in [1.82, 2.24) is 9.38 Å². The molecular weight excluding hydrogens is 358 g/mol. The predicted molar refractivity (Wildman–Crippen MR) is 93.2 cm³/mol. The van der Waals surface area contributed by atoms with Crippen LogP contribution >= 0.6 is 15.9 Å². The van der Waals surface area contributed by atoms with Crippen molar-refractivity contribution in [3.63, 3.8) is 0 Å². The number of aromatic hydroxyl groups is 1. The van der Waals surface area contributed by atoms with Crippen LogP contribution in [-0.2, 0) is 0 Å². The molecule has 5 nitrogen and oxygen atoms in total. The maximum absolute atomic E-state index is 12.7. The molecule has 118 valence electrons. The number of carbonyl (C=O) groups excluding carboxylic acids is 1. The van der Waals surface area contributed by atoms with E-state index in [9.17, 15) is 9.90 Å². The fourth-order valence-electron chi connectivity index (χ4n) is 2.59. The number of carbonyl (C=O) groups is 1. The first kappa shape index (κ1) is 15.6. The lowest BCUT2D eigenvalue weighted by Crippen LogP contribution is -2.16. The average Bonchev–Trinajstić information content (AvgIpc) is 2.78. The summed E-state index contributed by atoms with van der Waals surface area (Å²) in [6, 6.07) is 6.80. The highest BCUT2D eigenvalue weighted by atomic mass is 79.9. The summed E-state index contributed by atoms with van der Waals surface area (Å²) >= 11 is 3.49. The number of hydrogen-bond donors (Lipinski definition) is 2. The number of nitrogens with one attached hydrogen (secondary N) is 1. The second-order valence-electron chi connectivity index (χ2n) is 5.56. The SMILES string of the molecule is Cc1cc(Br)c2nc(C)c(C(=O)Nc3ccc(O)cc3C)n2c1. The second kappa shape index (κ2) is 5.70. The molecule has 0 aliphatic heterocycles. The molecular formula is C17H16BrN3O2. The summed E-state index contributed by atoms with van der Waals surface area (Å²) in [6.45, 7) is 5.61. The van der Waals surface area contributed by atoms with Crippen LogP contribution in [0.15, 0.2) is 34.9 Å². The van der Waals surface area contributed by atoms with Gasteiger partial charge in [0.1, 0.15) is 11.4 Å². The third kappa shape index (κ3) is 2.82. The molecule has 0 atom stereocenters. The Labute approximate surface area is 142 Å². The van der Waals surface area contributed by atoms with Crippen molar-refractivity contribution in [2.75, 3.05) is 5.32 Å². The number of benzene rings is 1. The molecule has 3 rings (SSSR count). The zero-order valence-electron chi connectivity index (χ0n) is 13.0. The van der Waals surface area contributed by atoms with E-state index in [0.717, 1.165) is 15.6 Å². The van der Waals surface area contributed by atoms with E-state index >= 15 is 0 Å². The van der Waals surface area contributed by atoms with Crippen LogP contribution in [0.2, 0.25) is 0 Å². The van der Waals surface area contributed by atoms with Gasteiger partial charge in [0.25, 0.3) is 5.91 Å². The summed E-state index contributed by atoms with van der Waals surface area (Å²) in [5.74, 6) is -0.0627. The number of phenols is 1. The molecule has 3 aromatic rings. The molecule has 23 heavy (non-hydrogen) atoms. The monoisotopic (exact) mass is 373 g/mol. The lowest BCUT2D eigenvalue weighted by molar-refractivity contribution is 0.102. The zero-order chi connectivity index (χ0) is 16.7. The maximum atomic E-state index is 12.7.